The number of carbonyl (C=O) groups is 1. The lowest BCUT2D eigenvalue weighted by atomic mass is 9.88. The van der Waals surface area contributed by atoms with Gasteiger partial charge in [-0.3, -0.25) is 9.69 Å². The summed E-state index contributed by atoms with van der Waals surface area (Å²) in [5.74, 6) is 0.198. The molecule has 1 aliphatic rings. The van der Waals surface area contributed by atoms with Crippen LogP contribution in [0.15, 0.2) is 60.4 Å². The normalized spacial score (nSPS) is 16.5. The Kier molecular flexibility index (Phi) is 5.94. The molecule has 1 aliphatic heterocycles. The fraction of sp³-hybridized carbons (Fsp3) is 0.348. The average molecular weight is 419 g/mol. The number of alkyl halides is 3. The van der Waals surface area contributed by atoms with Crippen molar-refractivity contribution in [3.8, 4) is 0 Å². The highest BCUT2D eigenvalue weighted by molar-refractivity contribution is 6.20. The Bertz CT molecular complexity index is 952. The first-order chi connectivity index (χ1) is 14.0. The van der Waals surface area contributed by atoms with Crippen molar-refractivity contribution in [2.45, 2.75) is 45.0 Å². The number of hydrogen-bond acceptors (Lipinski definition) is 3. The molecule has 0 aromatic heterocycles. The summed E-state index contributed by atoms with van der Waals surface area (Å²) in [6.07, 6.45) is -5.60. The summed E-state index contributed by atoms with van der Waals surface area (Å²) in [7, 11) is 0. The van der Waals surface area contributed by atoms with E-state index >= 15 is 0 Å². The van der Waals surface area contributed by atoms with Crippen LogP contribution in [0.2, 0.25) is 0 Å². The van der Waals surface area contributed by atoms with Crippen molar-refractivity contribution < 1.29 is 27.8 Å². The number of amides is 1. The Morgan fingerprint density at radius 2 is 1.77 bits per heavy atom. The zero-order valence-corrected chi connectivity index (χ0v) is 17.0. The summed E-state index contributed by atoms with van der Waals surface area (Å²) < 4.78 is 44.7. The molecule has 0 saturated carbocycles. The molecule has 1 heterocycles. The van der Waals surface area contributed by atoms with E-state index in [0.717, 1.165) is 12.1 Å². The van der Waals surface area contributed by atoms with E-state index in [9.17, 15) is 23.1 Å². The van der Waals surface area contributed by atoms with Crippen LogP contribution < -0.4 is 0 Å². The minimum Gasteiger partial charge on any atom is -0.477 e. The van der Waals surface area contributed by atoms with Gasteiger partial charge in [0, 0.05) is 6.42 Å². The summed E-state index contributed by atoms with van der Waals surface area (Å²) in [4.78, 5) is 14.7. The molecular formula is C23H24F3NO3. The lowest BCUT2D eigenvalue weighted by molar-refractivity contribution is -0.145. The van der Waals surface area contributed by atoms with Crippen LogP contribution in [0.4, 0.5) is 13.2 Å². The SMILES string of the molecule is CC1=C(c2ccccc2)C(=O)N(C(C)(C)C(O)Cc2cccc(C(F)(F)F)c2)CO1. The highest BCUT2D eigenvalue weighted by Crippen LogP contribution is 2.33. The molecule has 7 heteroatoms. The molecule has 0 bridgehead atoms. The largest absolute Gasteiger partial charge is 0.477 e. The number of carbonyl (C=O) groups excluding carboxylic acids is 1. The van der Waals surface area contributed by atoms with Crippen molar-refractivity contribution in [3.63, 3.8) is 0 Å². The molecule has 0 radical (unpaired) electrons. The molecule has 160 valence electrons. The zero-order chi connectivity index (χ0) is 22.1. The Labute approximate surface area is 173 Å². The first kappa shape index (κ1) is 21.9. The van der Waals surface area contributed by atoms with Crippen molar-refractivity contribution in [2.24, 2.45) is 0 Å². The second-order valence-electron chi connectivity index (χ2n) is 7.88. The monoisotopic (exact) mass is 419 g/mol. The van der Waals surface area contributed by atoms with Crippen molar-refractivity contribution in [1.29, 1.82) is 0 Å². The van der Waals surface area contributed by atoms with Gasteiger partial charge >= 0.3 is 6.18 Å². The summed E-state index contributed by atoms with van der Waals surface area (Å²) in [6.45, 7) is 5.02. The second-order valence-corrected chi connectivity index (χ2v) is 7.88. The second kappa shape index (κ2) is 8.14. The van der Waals surface area contributed by atoms with Gasteiger partial charge in [-0.15, -0.1) is 0 Å². The van der Waals surface area contributed by atoms with Gasteiger partial charge in [0.05, 0.1) is 22.8 Å². The van der Waals surface area contributed by atoms with Gasteiger partial charge in [-0.1, -0.05) is 48.5 Å². The lowest BCUT2D eigenvalue weighted by Gasteiger charge is -2.44. The van der Waals surface area contributed by atoms with E-state index in [1.807, 2.05) is 18.2 Å². The van der Waals surface area contributed by atoms with Gasteiger partial charge in [0.15, 0.2) is 6.73 Å². The quantitative estimate of drug-likeness (QED) is 0.769. The summed E-state index contributed by atoms with van der Waals surface area (Å²) in [6, 6.07) is 13.9. The van der Waals surface area contributed by atoms with Crippen molar-refractivity contribution in [1.82, 2.24) is 4.90 Å². The number of hydrogen-bond donors (Lipinski definition) is 1. The predicted octanol–water partition coefficient (Wildman–Crippen LogP) is 4.63. The molecule has 4 nitrogen and oxygen atoms in total. The number of benzene rings is 2. The minimum atomic E-state index is -4.46. The van der Waals surface area contributed by atoms with E-state index in [1.54, 1.807) is 32.9 Å². The number of nitrogens with zero attached hydrogens (tertiary/aromatic N) is 1. The number of halogens is 3. The minimum absolute atomic E-state index is 0.0376. The third kappa shape index (κ3) is 4.36. The number of allylic oxidation sites excluding steroid dienone is 1. The molecule has 2 aromatic rings. The van der Waals surface area contributed by atoms with E-state index < -0.39 is 23.4 Å². The smallest absolute Gasteiger partial charge is 0.416 e. The topological polar surface area (TPSA) is 49.8 Å². The molecule has 1 N–H and O–H groups in total. The van der Waals surface area contributed by atoms with Crippen molar-refractivity contribution >= 4 is 11.5 Å². The Morgan fingerprint density at radius 1 is 1.10 bits per heavy atom. The molecule has 0 aliphatic carbocycles. The third-order valence-electron chi connectivity index (χ3n) is 5.48. The molecule has 2 aromatic carbocycles. The summed E-state index contributed by atoms with van der Waals surface area (Å²) in [5, 5.41) is 10.9. The maximum atomic E-state index is 13.3. The van der Waals surface area contributed by atoms with Crippen LogP contribution in [-0.2, 0) is 22.1 Å². The van der Waals surface area contributed by atoms with E-state index in [2.05, 4.69) is 0 Å². The van der Waals surface area contributed by atoms with Crippen LogP contribution >= 0.6 is 0 Å². The van der Waals surface area contributed by atoms with Gasteiger partial charge in [-0.25, -0.2) is 0 Å². The van der Waals surface area contributed by atoms with Gasteiger partial charge in [0.25, 0.3) is 5.91 Å². The number of aliphatic hydroxyl groups is 1. The Hall–Kier alpha value is -2.80. The Balaban J connectivity index is 1.84. The van der Waals surface area contributed by atoms with Crippen LogP contribution in [0.3, 0.4) is 0 Å². The fourth-order valence-corrected chi connectivity index (χ4v) is 3.46. The van der Waals surface area contributed by atoms with Crippen molar-refractivity contribution in [2.75, 3.05) is 6.73 Å². The molecule has 0 fully saturated rings. The van der Waals surface area contributed by atoms with Gasteiger partial charge in [-0.2, -0.15) is 13.2 Å². The molecular weight excluding hydrogens is 395 g/mol. The van der Waals surface area contributed by atoms with E-state index in [0.29, 0.717) is 22.5 Å². The molecule has 0 spiro atoms. The van der Waals surface area contributed by atoms with Gasteiger partial charge in [-0.05, 0) is 38.0 Å². The predicted molar refractivity (Wildman–Crippen MR) is 107 cm³/mol. The van der Waals surface area contributed by atoms with Crippen LogP contribution in [0.1, 0.15) is 37.5 Å². The highest BCUT2D eigenvalue weighted by atomic mass is 19.4. The standard InChI is InChI=1S/C23H24F3NO3/c1-15-20(17-9-5-4-6-10-17)21(29)27(14-30-15)22(2,3)19(28)13-16-8-7-11-18(12-16)23(24,25)26/h4-12,19,28H,13-14H2,1-3H3. The van der Waals surface area contributed by atoms with Crippen molar-refractivity contribution in [3.05, 3.63) is 77.0 Å². The molecule has 1 unspecified atom stereocenters. The first-order valence-electron chi connectivity index (χ1n) is 9.57. The molecule has 0 saturated heterocycles. The summed E-state index contributed by atoms with van der Waals surface area (Å²) >= 11 is 0. The highest BCUT2D eigenvalue weighted by Gasteiger charge is 2.42. The van der Waals surface area contributed by atoms with E-state index in [4.69, 9.17) is 4.74 Å². The van der Waals surface area contributed by atoms with E-state index in [1.165, 1.54) is 17.0 Å². The van der Waals surface area contributed by atoms with Crippen LogP contribution in [0.5, 0.6) is 0 Å². The molecule has 1 atom stereocenters. The summed E-state index contributed by atoms with van der Waals surface area (Å²) in [5.41, 5.74) is -0.404. The van der Waals surface area contributed by atoms with Gasteiger partial charge < -0.3 is 9.84 Å². The van der Waals surface area contributed by atoms with Crippen LogP contribution in [0.25, 0.3) is 5.57 Å². The average Bonchev–Trinajstić information content (AvgIpc) is 2.68. The molecule has 1 amide bonds. The van der Waals surface area contributed by atoms with Crippen LogP contribution in [-0.4, -0.2) is 34.3 Å². The van der Waals surface area contributed by atoms with Crippen LogP contribution in [0, 0.1) is 0 Å². The number of ether oxygens (including phenoxy) is 1. The first-order valence-corrected chi connectivity index (χ1v) is 9.57. The Morgan fingerprint density at radius 3 is 2.40 bits per heavy atom. The maximum absolute atomic E-state index is 13.3. The molecule has 30 heavy (non-hydrogen) atoms. The number of aliphatic hydroxyl groups excluding tert-OH is 1. The van der Waals surface area contributed by atoms with Gasteiger partial charge in [0.2, 0.25) is 0 Å². The number of rotatable bonds is 5. The zero-order valence-electron chi connectivity index (χ0n) is 17.0. The van der Waals surface area contributed by atoms with E-state index in [-0.39, 0.29) is 19.1 Å². The third-order valence-corrected chi connectivity index (χ3v) is 5.48. The molecule has 3 rings (SSSR count). The fourth-order valence-electron chi connectivity index (χ4n) is 3.46. The maximum Gasteiger partial charge on any atom is 0.416 e. The lowest BCUT2D eigenvalue weighted by Crippen LogP contribution is -2.57. The van der Waals surface area contributed by atoms with Gasteiger partial charge in [0.1, 0.15) is 5.76 Å².